The van der Waals surface area contributed by atoms with E-state index in [1.165, 1.54) is 16.7 Å². The van der Waals surface area contributed by atoms with E-state index in [1.807, 2.05) is 0 Å². The number of hydrogen-bond donors (Lipinski definition) is 6. The minimum Gasteiger partial charge on any atom is -0.464 e. The third-order valence-corrected chi connectivity index (χ3v) is 10.2. The highest BCUT2D eigenvalue weighted by atomic mass is 79.9. The zero-order valence-electron chi connectivity index (χ0n) is 35.0. The summed E-state index contributed by atoms with van der Waals surface area (Å²) in [5.41, 5.74) is 2.15. The Kier molecular flexibility index (Phi) is 17.5. The molecular weight excluding hydrogens is 900 g/mol. The van der Waals surface area contributed by atoms with Gasteiger partial charge in [-0.25, -0.2) is 14.4 Å². The fourth-order valence-electron chi connectivity index (χ4n) is 6.19. The largest absolute Gasteiger partial charge is 0.464 e. The first kappa shape index (κ1) is 50.8. The molecule has 2 aromatic carbocycles. The van der Waals surface area contributed by atoms with E-state index < -0.39 is 82.4 Å². The molecule has 2 aliphatic heterocycles. The normalized spacial score (nSPS) is 21.0. The van der Waals surface area contributed by atoms with Gasteiger partial charge in [0.05, 0.1) is 31.9 Å². The average molecular weight is 959 g/mol. The second-order valence-electron chi connectivity index (χ2n) is 16.4. The predicted octanol–water partition coefficient (Wildman–Crippen LogP) is 4.51. The van der Waals surface area contributed by atoms with Crippen molar-refractivity contribution in [3.63, 3.8) is 0 Å². The lowest BCUT2D eigenvalue weighted by atomic mass is 9.90. The first-order valence-corrected chi connectivity index (χ1v) is 20.3. The SMILES string of the molecule is CC(C)(C)OC(=O)N1C[C@H](O)C[C@H]1C(=O)N[C@](C)(C(N)=O)c1ccc(Br)cc1.CCOC(=O)[C@@](C)(NC(=O)[C@@H]1C[C@@H](O)CN1C(=O)OC(C)(C)C)c1ccc(Br)cc1.N. The van der Waals surface area contributed by atoms with Crippen LogP contribution in [0.2, 0.25) is 0 Å². The lowest BCUT2D eigenvalue weighted by molar-refractivity contribution is -0.153. The molecule has 328 valence electrons. The zero-order chi connectivity index (χ0) is 44.0. The van der Waals surface area contributed by atoms with Crippen LogP contribution in [0.25, 0.3) is 0 Å². The molecule has 0 bridgehead atoms. The van der Waals surface area contributed by atoms with Crippen molar-refractivity contribution in [2.24, 2.45) is 5.73 Å². The highest BCUT2D eigenvalue weighted by Gasteiger charge is 2.47. The minimum atomic E-state index is -1.48. The number of carbonyl (C=O) groups excluding carboxylic acids is 6. The van der Waals surface area contributed by atoms with Crippen LogP contribution in [-0.4, -0.2) is 111 Å². The van der Waals surface area contributed by atoms with Crippen molar-refractivity contribution in [3.8, 4) is 0 Å². The Morgan fingerprint density at radius 2 is 1.02 bits per heavy atom. The van der Waals surface area contributed by atoms with Crippen LogP contribution in [0.1, 0.15) is 86.3 Å². The van der Waals surface area contributed by atoms with Crippen molar-refractivity contribution in [2.45, 2.75) is 122 Å². The number of esters is 1. The Morgan fingerprint density at radius 3 is 1.34 bits per heavy atom. The Balaban J connectivity index is 0.000000401. The maximum absolute atomic E-state index is 13.1. The van der Waals surface area contributed by atoms with Gasteiger partial charge in [-0.15, -0.1) is 0 Å². The van der Waals surface area contributed by atoms with Gasteiger partial charge in [0.15, 0.2) is 5.54 Å². The lowest BCUT2D eigenvalue weighted by Crippen LogP contribution is -2.57. The quantitative estimate of drug-likeness (QED) is 0.150. The van der Waals surface area contributed by atoms with Gasteiger partial charge in [0, 0.05) is 21.8 Å². The number of amides is 5. The molecule has 4 rings (SSSR count). The molecule has 2 saturated heterocycles. The van der Waals surface area contributed by atoms with E-state index in [1.54, 1.807) is 104 Å². The number of ether oxygens (including phenoxy) is 3. The fraction of sp³-hybridized carbons (Fsp3) is 0.550. The molecule has 9 N–H and O–H groups in total. The second kappa shape index (κ2) is 20.3. The summed E-state index contributed by atoms with van der Waals surface area (Å²) in [4.78, 5) is 78.4. The number of nitrogens with one attached hydrogen (secondary N) is 2. The van der Waals surface area contributed by atoms with E-state index in [0.29, 0.717) is 11.1 Å². The second-order valence-corrected chi connectivity index (χ2v) is 18.2. The number of carbonyl (C=O) groups is 6. The first-order valence-electron chi connectivity index (χ1n) is 18.7. The molecule has 2 heterocycles. The summed E-state index contributed by atoms with van der Waals surface area (Å²) in [5, 5.41) is 25.5. The minimum absolute atomic E-state index is 0. The van der Waals surface area contributed by atoms with E-state index in [4.69, 9.17) is 19.9 Å². The number of nitrogens with zero attached hydrogens (tertiary/aromatic N) is 2. The molecule has 0 aromatic heterocycles. The number of primary amides is 1. The van der Waals surface area contributed by atoms with Crippen LogP contribution < -0.4 is 22.5 Å². The summed E-state index contributed by atoms with van der Waals surface area (Å²) in [6.45, 7) is 15.1. The molecule has 0 spiro atoms. The van der Waals surface area contributed by atoms with Crippen LogP contribution >= 0.6 is 31.9 Å². The van der Waals surface area contributed by atoms with Crippen molar-refractivity contribution in [2.75, 3.05) is 19.7 Å². The monoisotopic (exact) mass is 956 g/mol. The van der Waals surface area contributed by atoms with Gasteiger partial charge in [0.2, 0.25) is 17.7 Å². The average Bonchev–Trinajstić information content (AvgIpc) is 3.70. The van der Waals surface area contributed by atoms with Gasteiger partial charge >= 0.3 is 18.2 Å². The molecule has 19 heteroatoms. The molecule has 0 aliphatic carbocycles. The number of halogens is 2. The number of β-amino-alcohol motifs (C(OH)–C–C–N with tert-alkyl or cyclic N) is 2. The summed E-state index contributed by atoms with van der Waals surface area (Å²) < 4.78 is 17.5. The highest BCUT2D eigenvalue weighted by Crippen LogP contribution is 2.29. The van der Waals surface area contributed by atoms with Crippen LogP contribution in [0, 0.1) is 0 Å². The topological polar surface area (TPSA) is 262 Å². The highest BCUT2D eigenvalue weighted by molar-refractivity contribution is 9.10. The molecule has 0 saturated carbocycles. The fourth-order valence-corrected chi connectivity index (χ4v) is 6.72. The van der Waals surface area contributed by atoms with Gasteiger partial charge in [-0.2, -0.15) is 0 Å². The van der Waals surface area contributed by atoms with Gasteiger partial charge in [-0.1, -0.05) is 56.1 Å². The number of hydrogen-bond acceptors (Lipinski definition) is 12. The smallest absolute Gasteiger partial charge is 0.411 e. The van der Waals surface area contributed by atoms with Gasteiger partial charge < -0.3 is 46.9 Å². The van der Waals surface area contributed by atoms with Crippen molar-refractivity contribution in [1.82, 2.24) is 26.6 Å². The number of aliphatic hydroxyl groups is 2. The molecule has 2 aliphatic rings. The van der Waals surface area contributed by atoms with E-state index in [2.05, 4.69) is 42.5 Å². The summed E-state index contributed by atoms with van der Waals surface area (Å²) in [7, 11) is 0. The third-order valence-electron chi connectivity index (χ3n) is 9.19. The number of aliphatic hydroxyl groups excluding tert-OH is 2. The zero-order valence-corrected chi connectivity index (χ0v) is 38.1. The third kappa shape index (κ3) is 13.6. The van der Waals surface area contributed by atoms with Gasteiger partial charge in [0.1, 0.15) is 28.8 Å². The molecule has 2 fully saturated rings. The Hall–Kier alpha value is -4.30. The molecule has 0 radical (unpaired) electrons. The summed E-state index contributed by atoms with van der Waals surface area (Å²) >= 11 is 6.67. The Labute approximate surface area is 361 Å². The molecule has 59 heavy (non-hydrogen) atoms. The van der Waals surface area contributed by atoms with Crippen molar-refractivity contribution >= 4 is 67.7 Å². The lowest BCUT2D eigenvalue weighted by Gasteiger charge is -2.32. The van der Waals surface area contributed by atoms with Crippen LogP contribution in [0.4, 0.5) is 9.59 Å². The molecule has 5 amide bonds. The first-order chi connectivity index (χ1) is 26.7. The molecular formula is C40H58Br2N6O11. The number of likely N-dealkylation sites (tertiary alicyclic amines) is 2. The van der Waals surface area contributed by atoms with E-state index >= 15 is 0 Å². The molecule has 17 nitrogen and oxygen atoms in total. The van der Waals surface area contributed by atoms with Crippen LogP contribution in [0.3, 0.4) is 0 Å². The van der Waals surface area contributed by atoms with Gasteiger partial charge in [0.25, 0.3) is 0 Å². The predicted molar refractivity (Wildman–Crippen MR) is 225 cm³/mol. The van der Waals surface area contributed by atoms with E-state index in [0.717, 1.165) is 8.95 Å². The standard InChI is InChI=1S/C21H29BrN2O6.C19H26BrN3O5.H3N/c1-6-29-18(27)21(5,13-7-9-14(22)10-8-13)23-17(26)16-11-15(25)12-24(16)19(28)30-20(2,3)4;1-18(2,3)28-17(27)23-10-13(24)9-14(23)15(25)22-19(4,16(21)26)11-5-7-12(20)8-6-11;/h7-10,15-16,25H,6,11-12H2,1-5H3,(H,23,26);5-8,13-14,24H,9-10H2,1-4H3,(H2,21,26)(H,22,25);1H3/t15-,16+,21+;13-,14+,19+;/m11./s1. The van der Waals surface area contributed by atoms with E-state index in [9.17, 15) is 39.0 Å². The maximum Gasteiger partial charge on any atom is 0.411 e. The van der Waals surface area contributed by atoms with E-state index in [-0.39, 0.29) is 38.7 Å². The number of benzene rings is 2. The summed E-state index contributed by atoms with van der Waals surface area (Å²) in [5.74, 6) is -2.53. The van der Waals surface area contributed by atoms with Crippen molar-refractivity contribution < 1.29 is 53.2 Å². The Morgan fingerprint density at radius 1 is 0.678 bits per heavy atom. The summed E-state index contributed by atoms with van der Waals surface area (Å²) in [6, 6.07) is 11.8. The summed E-state index contributed by atoms with van der Waals surface area (Å²) in [6.07, 6.45) is -3.04. The van der Waals surface area contributed by atoms with Crippen LogP contribution in [-0.2, 0) is 44.5 Å². The number of nitrogens with two attached hydrogens (primary N) is 1. The number of rotatable bonds is 9. The molecule has 0 unspecified atom stereocenters. The van der Waals surface area contributed by atoms with Crippen molar-refractivity contribution in [3.05, 3.63) is 68.6 Å². The molecule has 6 atom stereocenters. The van der Waals surface area contributed by atoms with Gasteiger partial charge in [-0.05, 0) is 97.7 Å². The maximum atomic E-state index is 13.1. The molecule has 2 aromatic rings. The van der Waals surface area contributed by atoms with Crippen LogP contribution in [0.15, 0.2) is 57.5 Å². The van der Waals surface area contributed by atoms with Gasteiger partial charge in [-0.3, -0.25) is 24.2 Å². The van der Waals surface area contributed by atoms with Crippen molar-refractivity contribution in [1.29, 1.82) is 0 Å². The Bertz CT molecular complexity index is 1820. The van der Waals surface area contributed by atoms with Crippen LogP contribution in [0.5, 0.6) is 0 Å².